The minimum atomic E-state index is -0.241. The Morgan fingerprint density at radius 1 is 1.45 bits per heavy atom. The number of rotatable bonds is 6. The van der Waals surface area contributed by atoms with Crippen molar-refractivity contribution >= 4 is 5.82 Å². The Morgan fingerprint density at radius 2 is 2.15 bits per heavy atom. The lowest BCUT2D eigenvalue weighted by Gasteiger charge is -2.31. The number of methoxy groups -OCH3 is 1. The van der Waals surface area contributed by atoms with Crippen LogP contribution in [0.5, 0.6) is 5.75 Å². The summed E-state index contributed by atoms with van der Waals surface area (Å²) in [5.41, 5.74) is 0.0954. The van der Waals surface area contributed by atoms with Crippen LogP contribution in [0.2, 0.25) is 0 Å². The van der Waals surface area contributed by atoms with Gasteiger partial charge in [-0.25, -0.2) is 4.98 Å². The second kappa shape index (κ2) is 6.29. The van der Waals surface area contributed by atoms with Crippen molar-refractivity contribution < 1.29 is 4.74 Å². The Labute approximate surface area is 120 Å². The van der Waals surface area contributed by atoms with Crippen molar-refractivity contribution in [2.24, 2.45) is 11.3 Å². The maximum Gasteiger partial charge on any atom is 0.295 e. The third kappa shape index (κ3) is 3.32. The van der Waals surface area contributed by atoms with Crippen molar-refractivity contribution in [3.63, 3.8) is 0 Å². The normalized spacial score (nSPS) is 17.4. The van der Waals surface area contributed by atoms with Crippen LogP contribution in [0.4, 0.5) is 5.82 Å². The summed E-state index contributed by atoms with van der Waals surface area (Å²) in [6.45, 7) is 5.40. The lowest BCUT2D eigenvalue weighted by atomic mass is 9.78. The van der Waals surface area contributed by atoms with Crippen molar-refractivity contribution in [1.29, 1.82) is 0 Å². The average molecular weight is 279 g/mol. The van der Waals surface area contributed by atoms with Gasteiger partial charge < -0.3 is 15.0 Å². The van der Waals surface area contributed by atoms with Gasteiger partial charge in [-0.1, -0.05) is 26.7 Å². The molecule has 1 fully saturated rings. The molecule has 0 atom stereocenters. The lowest BCUT2D eigenvalue weighted by molar-refractivity contribution is 0.252. The van der Waals surface area contributed by atoms with Crippen molar-refractivity contribution in [1.82, 2.24) is 9.97 Å². The molecule has 1 aliphatic rings. The number of nitrogens with zero attached hydrogens (tertiary/aromatic N) is 1. The maximum atomic E-state index is 11.7. The molecule has 5 heteroatoms. The van der Waals surface area contributed by atoms with Crippen LogP contribution in [0.25, 0.3) is 0 Å². The first kappa shape index (κ1) is 14.9. The molecule has 0 amide bonds. The van der Waals surface area contributed by atoms with E-state index in [-0.39, 0.29) is 11.3 Å². The molecule has 0 saturated heterocycles. The Morgan fingerprint density at radius 3 is 2.75 bits per heavy atom. The SMILES string of the molecule is COc1c(NCC2(CC(C)C)CCCC2)nc[nH]c1=O. The summed E-state index contributed by atoms with van der Waals surface area (Å²) in [5.74, 6) is 1.50. The van der Waals surface area contributed by atoms with Crippen molar-refractivity contribution in [3.8, 4) is 5.75 Å². The molecule has 1 aromatic rings. The number of aromatic nitrogens is 2. The first-order valence-electron chi connectivity index (χ1n) is 7.42. The fourth-order valence-corrected chi connectivity index (χ4v) is 3.42. The smallest absolute Gasteiger partial charge is 0.295 e. The van der Waals surface area contributed by atoms with Gasteiger partial charge in [0.25, 0.3) is 5.56 Å². The minimum absolute atomic E-state index is 0.241. The Bertz CT molecular complexity index is 490. The molecule has 0 radical (unpaired) electrons. The highest BCUT2D eigenvalue weighted by Gasteiger charge is 2.34. The molecular weight excluding hydrogens is 254 g/mol. The Kier molecular flexibility index (Phi) is 4.68. The number of hydrogen-bond donors (Lipinski definition) is 2. The number of anilines is 1. The van der Waals surface area contributed by atoms with Crippen LogP contribution in [0.3, 0.4) is 0 Å². The van der Waals surface area contributed by atoms with E-state index in [1.165, 1.54) is 45.5 Å². The van der Waals surface area contributed by atoms with Gasteiger partial charge in [-0.05, 0) is 30.6 Å². The van der Waals surface area contributed by atoms with E-state index < -0.39 is 0 Å². The minimum Gasteiger partial charge on any atom is -0.489 e. The summed E-state index contributed by atoms with van der Waals surface area (Å²) in [6.07, 6.45) is 7.73. The van der Waals surface area contributed by atoms with Gasteiger partial charge in [-0.3, -0.25) is 4.79 Å². The fraction of sp³-hybridized carbons (Fsp3) is 0.733. The first-order chi connectivity index (χ1) is 9.56. The standard InChI is InChI=1S/C15H25N3O2/c1-11(2)8-15(6-4-5-7-15)9-16-13-12(20-3)14(19)18-10-17-13/h10-11H,4-9H2,1-3H3,(H2,16,17,18,19). The van der Waals surface area contributed by atoms with E-state index in [4.69, 9.17) is 4.74 Å². The van der Waals surface area contributed by atoms with Crippen LogP contribution in [-0.2, 0) is 0 Å². The average Bonchev–Trinajstić information content (AvgIpc) is 2.84. The van der Waals surface area contributed by atoms with Crippen molar-refractivity contribution in [3.05, 3.63) is 16.7 Å². The third-order valence-corrected chi connectivity index (χ3v) is 4.15. The molecule has 5 nitrogen and oxygen atoms in total. The van der Waals surface area contributed by atoms with E-state index >= 15 is 0 Å². The predicted molar refractivity (Wildman–Crippen MR) is 80.3 cm³/mol. The molecule has 1 aliphatic carbocycles. The fourth-order valence-electron chi connectivity index (χ4n) is 3.42. The van der Waals surface area contributed by atoms with E-state index in [0.717, 1.165) is 6.54 Å². The Hall–Kier alpha value is -1.52. The molecule has 0 spiro atoms. The van der Waals surface area contributed by atoms with Gasteiger partial charge >= 0.3 is 0 Å². The number of H-pyrrole nitrogens is 1. The number of aromatic amines is 1. The molecule has 112 valence electrons. The molecule has 1 heterocycles. The molecule has 2 N–H and O–H groups in total. The van der Waals surface area contributed by atoms with Gasteiger partial charge in [-0.15, -0.1) is 0 Å². The molecule has 0 bridgehead atoms. The van der Waals surface area contributed by atoms with E-state index in [0.29, 0.717) is 17.2 Å². The molecule has 0 aromatic carbocycles. The topological polar surface area (TPSA) is 67.0 Å². The van der Waals surface area contributed by atoms with Gasteiger partial charge in [0.2, 0.25) is 5.75 Å². The second-order valence-electron chi connectivity index (χ2n) is 6.27. The van der Waals surface area contributed by atoms with Crippen LogP contribution >= 0.6 is 0 Å². The van der Waals surface area contributed by atoms with Gasteiger partial charge in [0.05, 0.1) is 13.4 Å². The van der Waals surface area contributed by atoms with E-state index in [1.54, 1.807) is 0 Å². The van der Waals surface area contributed by atoms with Gasteiger partial charge in [-0.2, -0.15) is 0 Å². The molecular formula is C15H25N3O2. The molecule has 0 aliphatic heterocycles. The second-order valence-corrected chi connectivity index (χ2v) is 6.27. The quantitative estimate of drug-likeness (QED) is 0.840. The summed E-state index contributed by atoms with van der Waals surface area (Å²) in [5, 5.41) is 3.34. The summed E-state index contributed by atoms with van der Waals surface area (Å²) in [6, 6.07) is 0. The molecule has 2 rings (SSSR count). The summed E-state index contributed by atoms with van der Waals surface area (Å²) >= 11 is 0. The van der Waals surface area contributed by atoms with E-state index in [9.17, 15) is 4.79 Å². The molecule has 1 aromatic heterocycles. The zero-order chi connectivity index (χ0) is 14.6. The van der Waals surface area contributed by atoms with Gasteiger partial charge in [0.1, 0.15) is 0 Å². The highest BCUT2D eigenvalue weighted by Crippen LogP contribution is 2.43. The molecule has 1 saturated carbocycles. The van der Waals surface area contributed by atoms with Gasteiger partial charge in [0.15, 0.2) is 5.82 Å². The molecule has 0 unspecified atom stereocenters. The maximum absolute atomic E-state index is 11.7. The van der Waals surface area contributed by atoms with Crippen LogP contribution < -0.4 is 15.6 Å². The predicted octanol–water partition coefficient (Wildman–Crippen LogP) is 2.80. The van der Waals surface area contributed by atoms with Crippen LogP contribution in [0, 0.1) is 11.3 Å². The summed E-state index contributed by atoms with van der Waals surface area (Å²) in [4.78, 5) is 18.4. The monoisotopic (exact) mass is 279 g/mol. The van der Waals surface area contributed by atoms with E-state index in [1.807, 2.05) is 0 Å². The number of nitrogens with one attached hydrogen (secondary N) is 2. The largest absolute Gasteiger partial charge is 0.489 e. The highest BCUT2D eigenvalue weighted by molar-refractivity contribution is 5.48. The van der Waals surface area contributed by atoms with E-state index in [2.05, 4.69) is 29.1 Å². The van der Waals surface area contributed by atoms with Crippen molar-refractivity contribution in [2.45, 2.75) is 46.0 Å². The van der Waals surface area contributed by atoms with Crippen LogP contribution in [0.15, 0.2) is 11.1 Å². The summed E-state index contributed by atoms with van der Waals surface area (Å²) < 4.78 is 5.14. The van der Waals surface area contributed by atoms with Crippen LogP contribution in [0.1, 0.15) is 46.0 Å². The zero-order valence-electron chi connectivity index (χ0n) is 12.7. The zero-order valence-corrected chi connectivity index (χ0v) is 12.7. The lowest BCUT2D eigenvalue weighted by Crippen LogP contribution is -2.29. The highest BCUT2D eigenvalue weighted by atomic mass is 16.5. The van der Waals surface area contributed by atoms with Gasteiger partial charge in [0, 0.05) is 6.54 Å². The summed E-state index contributed by atoms with van der Waals surface area (Å²) in [7, 11) is 1.50. The van der Waals surface area contributed by atoms with Crippen LogP contribution in [-0.4, -0.2) is 23.6 Å². The van der Waals surface area contributed by atoms with Crippen molar-refractivity contribution in [2.75, 3.05) is 19.0 Å². The third-order valence-electron chi connectivity index (χ3n) is 4.15. The number of ether oxygens (including phenoxy) is 1. The Balaban J connectivity index is 2.10. The molecule has 20 heavy (non-hydrogen) atoms. The first-order valence-corrected chi connectivity index (χ1v) is 7.42. The number of hydrogen-bond acceptors (Lipinski definition) is 4.